The first-order valence-corrected chi connectivity index (χ1v) is 8.00. The number of aryl methyl sites for hydroxylation is 1. The third-order valence-electron chi connectivity index (χ3n) is 3.04. The van der Waals surface area contributed by atoms with Gasteiger partial charge in [-0.1, -0.05) is 12.1 Å². The van der Waals surface area contributed by atoms with Crippen molar-refractivity contribution in [2.45, 2.75) is 6.92 Å². The molecule has 0 aliphatic heterocycles. The number of halogens is 2. The Hall–Kier alpha value is -1.86. The Morgan fingerprint density at radius 2 is 2.09 bits per heavy atom. The van der Waals surface area contributed by atoms with Crippen molar-refractivity contribution in [3.05, 3.63) is 63.2 Å². The van der Waals surface area contributed by atoms with Gasteiger partial charge in [-0.3, -0.25) is 4.79 Å². The minimum absolute atomic E-state index is 0.281. The van der Waals surface area contributed by atoms with Gasteiger partial charge in [0.15, 0.2) is 10.4 Å². The standard InChI is InChI=1S/C15H11Br2N3O2/c1-9-6-13(17)22-14(9)15(21)19-11-4-2-3-5-12(11)20-8-10(16)7-18-20/h2-8H,1H3,(H,19,21). The Bertz CT molecular complexity index is 839. The number of rotatable bonds is 3. The van der Waals surface area contributed by atoms with Gasteiger partial charge < -0.3 is 9.73 Å². The summed E-state index contributed by atoms with van der Waals surface area (Å²) in [4.78, 5) is 12.4. The van der Waals surface area contributed by atoms with E-state index in [4.69, 9.17) is 4.42 Å². The van der Waals surface area contributed by atoms with Gasteiger partial charge in [-0.2, -0.15) is 5.10 Å². The monoisotopic (exact) mass is 423 g/mol. The molecule has 0 bridgehead atoms. The number of amides is 1. The fraction of sp³-hybridized carbons (Fsp3) is 0.0667. The molecule has 0 aliphatic rings. The van der Waals surface area contributed by atoms with Crippen molar-refractivity contribution in [2.24, 2.45) is 0 Å². The number of carbonyl (C=O) groups is 1. The van der Waals surface area contributed by atoms with Crippen molar-refractivity contribution < 1.29 is 9.21 Å². The lowest BCUT2D eigenvalue weighted by Gasteiger charge is -2.10. The Morgan fingerprint density at radius 3 is 2.73 bits per heavy atom. The largest absolute Gasteiger partial charge is 0.444 e. The van der Waals surface area contributed by atoms with Gasteiger partial charge in [-0.05, 0) is 57.0 Å². The molecular formula is C15H11Br2N3O2. The lowest BCUT2D eigenvalue weighted by atomic mass is 10.2. The summed E-state index contributed by atoms with van der Waals surface area (Å²) in [6, 6.07) is 9.18. The molecule has 0 saturated heterocycles. The minimum Gasteiger partial charge on any atom is -0.444 e. The Balaban J connectivity index is 1.93. The Morgan fingerprint density at radius 1 is 1.32 bits per heavy atom. The average Bonchev–Trinajstić information content (AvgIpc) is 3.05. The van der Waals surface area contributed by atoms with Gasteiger partial charge in [0.25, 0.3) is 5.91 Å². The Labute approximate surface area is 143 Å². The molecule has 0 aliphatic carbocycles. The number of hydrogen-bond acceptors (Lipinski definition) is 3. The van der Waals surface area contributed by atoms with Crippen LogP contribution in [0.4, 0.5) is 5.69 Å². The van der Waals surface area contributed by atoms with Crippen LogP contribution in [0, 0.1) is 6.92 Å². The summed E-state index contributed by atoms with van der Waals surface area (Å²) in [6.07, 6.45) is 3.51. The summed E-state index contributed by atoms with van der Waals surface area (Å²) in [5.41, 5.74) is 2.18. The van der Waals surface area contributed by atoms with Crippen molar-refractivity contribution in [1.82, 2.24) is 9.78 Å². The fourth-order valence-corrected chi connectivity index (χ4v) is 2.85. The second-order valence-corrected chi connectivity index (χ2v) is 6.33. The molecular weight excluding hydrogens is 414 g/mol. The first-order chi connectivity index (χ1) is 10.5. The van der Waals surface area contributed by atoms with E-state index in [-0.39, 0.29) is 11.7 Å². The summed E-state index contributed by atoms with van der Waals surface area (Å²) in [5.74, 6) is -0.0230. The topological polar surface area (TPSA) is 60.1 Å². The second kappa shape index (κ2) is 6.10. The lowest BCUT2D eigenvalue weighted by molar-refractivity contribution is 0.0994. The molecule has 0 radical (unpaired) electrons. The molecule has 3 aromatic rings. The number of aromatic nitrogens is 2. The van der Waals surface area contributed by atoms with Crippen LogP contribution < -0.4 is 5.32 Å². The molecule has 0 atom stereocenters. The molecule has 1 aromatic carbocycles. The van der Waals surface area contributed by atoms with Crippen LogP contribution in [-0.4, -0.2) is 15.7 Å². The third-order valence-corrected chi connectivity index (χ3v) is 3.84. The molecule has 0 spiro atoms. The zero-order valence-corrected chi connectivity index (χ0v) is 14.7. The van der Waals surface area contributed by atoms with Crippen LogP contribution in [0.1, 0.15) is 16.1 Å². The van der Waals surface area contributed by atoms with Gasteiger partial charge in [0.05, 0.1) is 22.0 Å². The third kappa shape index (κ3) is 3.00. The molecule has 0 saturated carbocycles. The van der Waals surface area contributed by atoms with Gasteiger partial charge in [0.1, 0.15) is 0 Å². The number of anilines is 1. The number of nitrogens with one attached hydrogen (secondary N) is 1. The van der Waals surface area contributed by atoms with Crippen molar-refractivity contribution in [1.29, 1.82) is 0 Å². The highest BCUT2D eigenvalue weighted by Gasteiger charge is 2.17. The number of furan rings is 1. The SMILES string of the molecule is Cc1cc(Br)oc1C(=O)Nc1ccccc1-n1cc(Br)cn1. The maximum atomic E-state index is 12.4. The first kappa shape index (κ1) is 15.1. The van der Waals surface area contributed by atoms with Crippen LogP contribution in [0.5, 0.6) is 0 Å². The molecule has 2 aromatic heterocycles. The van der Waals surface area contributed by atoms with Crippen molar-refractivity contribution in [3.63, 3.8) is 0 Å². The molecule has 0 fully saturated rings. The van der Waals surface area contributed by atoms with Crippen LogP contribution in [0.25, 0.3) is 5.69 Å². The molecule has 0 unspecified atom stereocenters. The predicted octanol–water partition coefficient (Wildman–Crippen LogP) is 4.55. The minimum atomic E-state index is -0.304. The second-order valence-electron chi connectivity index (χ2n) is 4.64. The van der Waals surface area contributed by atoms with Crippen LogP contribution in [0.3, 0.4) is 0 Å². The zero-order chi connectivity index (χ0) is 15.7. The molecule has 5 nitrogen and oxygen atoms in total. The molecule has 7 heteroatoms. The van der Waals surface area contributed by atoms with E-state index in [0.717, 1.165) is 15.7 Å². The highest BCUT2D eigenvalue weighted by molar-refractivity contribution is 9.10. The van der Waals surface area contributed by atoms with Crippen LogP contribution in [0.2, 0.25) is 0 Å². The average molecular weight is 425 g/mol. The fourth-order valence-electron chi connectivity index (χ4n) is 2.06. The van der Waals surface area contributed by atoms with Crippen LogP contribution in [0.15, 0.2) is 56.3 Å². The van der Waals surface area contributed by atoms with Gasteiger partial charge in [-0.15, -0.1) is 0 Å². The number of hydrogen-bond donors (Lipinski definition) is 1. The van der Waals surface area contributed by atoms with E-state index in [2.05, 4.69) is 42.3 Å². The van der Waals surface area contributed by atoms with Crippen molar-refractivity contribution in [3.8, 4) is 5.69 Å². The van der Waals surface area contributed by atoms with Gasteiger partial charge in [0, 0.05) is 11.8 Å². The number of carbonyl (C=O) groups excluding carboxylic acids is 1. The van der Waals surface area contributed by atoms with E-state index < -0.39 is 0 Å². The maximum Gasteiger partial charge on any atom is 0.291 e. The van der Waals surface area contributed by atoms with Crippen LogP contribution >= 0.6 is 31.9 Å². The number of benzene rings is 1. The molecule has 2 heterocycles. The lowest BCUT2D eigenvalue weighted by Crippen LogP contribution is -2.14. The van der Waals surface area contributed by atoms with E-state index >= 15 is 0 Å². The zero-order valence-electron chi connectivity index (χ0n) is 11.5. The van der Waals surface area contributed by atoms with Gasteiger partial charge in [-0.25, -0.2) is 4.68 Å². The first-order valence-electron chi connectivity index (χ1n) is 6.41. The quantitative estimate of drug-likeness (QED) is 0.670. The number of nitrogens with zero attached hydrogens (tertiary/aromatic N) is 2. The summed E-state index contributed by atoms with van der Waals surface area (Å²) in [5, 5.41) is 7.09. The highest BCUT2D eigenvalue weighted by Crippen LogP contribution is 2.24. The van der Waals surface area contributed by atoms with E-state index in [1.165, 1.54) is 0 Å². The molecule has 1 N–H and O–H groups in total. The molecule has 112 valence electrons. The maximum absolute atomic E-state index is 12.4. The van der Waals surface area contributed by atoms with Gasteiger partial charge in [0.2, 0.25) is 0 Å². The summed E-state index contributed by atoms with van der Waals surface area (Å²) < 4.78 is 8.45. The Kier molecular flexibility index (Phi) is 4.17. The normalized spacial score (nSPS) is 10.7. The van der Waals surface area contributed by atoms with E-state index in [1.54, 1.807) is 16.9 Å². The van der Waals surface area contributed by atoms with E-state index in [0.29, 0.717) is 10.4 Å². The summed E-state index contributed by atoms with van der Waals surface area (Å²) >= 11 is 6.59. The number of para-hydroxylation sites is 2. The molecule has 3 rings (SSSR count). The molecule has 22 heavy (non-hydrogen) atoms. The van der Waals surface area contributed by atoms with E-state index in [1.807, 2.05) is 37.4 Å². The van der Waals surface area contributed by atoms with Crippen LogP contribution in [-0.2, 0) is 0 Å². The predicted molar refractivity (Wildman–Crippen MR) is 90.4 cm³/mol. The summed E-state index contributed by atoms with van der Waals surface area (Å²) in [6.45, 7) is 1.82. The summed E-state index contributed by atoms with van der Waals surface area (Å²) in [7, 11) is 0. The smallest absolute Gasteiger partial charge is 0.291 e. The van der Waals surface area contributed by atoms with Gasteiger partial charge >= 0.3 is 0 Å². The molecule has 1 amide bonds. The van der Waals surface area contributed by atoms with E-state index in [9.17, 15) is 4.79 Å². The van der Waals surface area contributed by atoms with Crippen molar-refractivity contribution >= 4 is 43.5 Å². The highest BCUT2D eigenvalue weighted by atomic mass is 79.9. The van der Waals surface area contributed by atoms with Crippen molar-refractivity contribution in [2.75, 3.05) is 5.32 Å².